The largest absolute Gasteiger partial charge is 0.443 e. The molecule has 2 aliphatic rings. The van der Waals surface area contributed by atoms with E-state index < -0.39 is 23.9 Å². The molecule has 60 heavy (non-hydrogen) atoms. The molecule has 1 aromatic heterocycles. The Morgan fingerprint density at radius 1 is 0.817 bits per heavy atom. The molecule has 2 aromatic carbocycles. The molecular weight excluding hydrogens is 780 g/mol. The second-order valence-corrected chi connectivity index (χ2v) is 14.5. The van der Waals surface area contributed by atoms with Gasteiger partial charge in [-0.2, -0.15) is 5.10 Å². The molecule has 0 saturated carbocycles. The molecule has 2 atom stereocenters. The Morgan fingerprint density at radius 3 is 2.23 bits per heavy atom. The van der Waals surface area contributed by atoms with Gasteiger partial charge in [-0.3, -0.25) is 19.2 Å². The number of amides is 4. The molecule has 1 aliphatic heterocycles. The summed E-state index contributed by atoms with van der Waals surface area (Å²) in [6.07, 6.45) is 6.71. The van der Waals surface area contributed by atoms with Crippen LogP contribution in [0.3, 0.4) is 0 Å². The number of hydrogen-bond donors (Lipinski definition) is 3. The number of ether oxygens (including phenoxy) is 5. The van der Waals surface area contributed by atoms with E-state index in [1.807, 2.05) is 6.07 Å². The number of hydrogen-bond acceptors (Lipinski definition) is 11. The molecule has 5 rings (SSSR count). The van der Waals surface area contributed by atoms with Crippen LogP contribution < -0.4 is 16.2 Å². The third-order valence-corrected chi connectivity index (χ3v) is 10.3. The predicted octanol–water partition coefficient (Wildman–Crippen LogP) is 3.51. The van der Waals surface area contributed by atoms with Gasteiger partial charge in [0.15, 0.2) is 0 Å². The van der Waals surface area contributed by atoms with E-state index in [1.54, 1.807) is 36.3 Å². The summed E-state index contributed by atoms with van der Waals surface area (Å²) in [5.41, 5.74) is 0.890. The first kappa shape index (κ1) is 45.8. The van der Waals surface area contributed by atoms with Crippen molar-refractivity contribution in [3.05, 3.63) is 87.6 Å². The number of aromatic nitrogens is 2. The van der Waals surface area contributed by atoms with Gasteiger partial charge in [-0.25, -0.2) is 14.3 Å². The third kappa shape index (κ3) is 14.5. The maximum Gasteiger partial charge on any atom is 0.407 e. The van der Waals surface area contributed by atoms with Crippen LogP contribution in [-0.4, -0.2) is 142 Å². The number of H-pyrrole nitrogens is 1. The standard InChI is InChI=1S/C43H57FN6O10/c1-56-23-24-57-25-26-58-27-28-59-37-11-4-2-3-5-12-38(37)60-43(55)46-18-17-45-39(51)13-8-14-40(52)49-19-21-50(22-20-49)42(54)34-29-31(15-16-35(34)44)30-36-32-9-6-7-10-33(32)41(53)48-47-36/h2-3,6-7,9-10,15-16,29,37-38H,4-5,8,11-14,17-28,30H2,1H3,(H,45,51)(H,46,55)(H,48,53)/b3-2+. The van der Waals surface area contributed by atoms with Crippen molar-refractivity contribution in [3.8, 4) is 0 Å². The number of fused-ring (bicyclic) bond motifs is 1. The highest BCUT2D eigenvalue weighted by Crippen LogP contribution is 2.22. The van der Waals surface area contributed by atoms with Gasteiger partial charge < -0.3 is 44.1 Å². The van der Waals surface area contributed by atoms with E-state index in [2.05, 4.69) is 33.0 Å². The number of aromatic amines is 1. The molecule has 0 spiro atoms. The topological polar surface area (TPSA) is 191 Å². The molecule has 16 nitrogen and oxygen atoms in total. The molecule has 4 amide bonds. The molecule has 326 valence electrons. The lowest BCUT2D eigenvalue weighted by atomic mass is 10.00. The van der Waals surface area contributed by atoms with Gasteiger partial charge in [0.1, 0.15) is 11.9 Å². The van der Waals surface area contributed by atoms with Crippen molar-refractivity contribution in [2.75, 3.05) is 86.0 Å². The molecule has 2 unspecified atom stereocenters. The number of rotatable bonds is 21. The maximum atomic E-state index is 14.9. The van der Waals surface area contributed by atoms with Gasteiger partial charge in [-0.05, 0) is 55.9 Å². The van der Waals surface area contributed by atoms with E-state index in [4.69, 9.17) is 23.7 Å². The monoisotopic (exact) mass is 836 g/mol. The molecular formula is C43H57FN6O10. The van der Waals surface area contributed by atoms with Gasteiger partial charge in [0.05, 0.1) is 62.4 Å². The Balaban J connectivity index is 0.950. The minimum atomic E-state index is -0.646. The average Bonchev–Trinajstić information content (AvgIpc) is 3.25. The highest BCUT2D eigenvalue weighted by atomic mass is 19.1. The zero-order valence-corrected chi connectivity index (χ0v) is 34.3. The Hall–Kier alpha value is -5.23. The number of piperazine rings is 1. The zero-order chi connectivity index (χ0) is 42.5. The van der Waals surface area contributed by atoms with Crippen molar-refractivity contribution in [2.45, 2.75) is 63.6 Å². The summed E-state index contributed by atoms with van der Waals surface area (Å²) in [4.78, 5) is 66.8. The van der Waals surface area contributed by atoms with Crippen LogP contribution in [-0.2, 0) is 39.7 Å². The van der Waals surface area contributed by atoms with E-state index >= 15 is 0 Å². The number of alkyl carbamates (subject to hydrolysis) is 1. The van der Waals surface area contributed by atoms with E-state index in [1.165, 1.54) is 17.0 Å². The molecule has 1 fully saturated rings. The normalized spacial score (nSPS) is 17.4. The van der Waals surface area contributed by atoms with Crippen molar-refractivity contribution >= 4 is 34.6 Å². The highest BCUT2D eigenvalue weighted by Gasteiger charge is 2.28. The van der Waals surface area contributed by atoms with Gasteiger partial charge in [0.2, 0.25) is 11.8 Å². The van der Waals surface area contributed by atoms with Crippen LogP contribution >= 0.6 is 0 Å². The SMILES string of the molecule is COCCOCCOCCOC1CC/C=C/CCC1OC(=O)NCCNC(=O)CCCC(=O)N1CCN(C(=O)c2cc(Cc3n[nH]c(=O)c4ccccc34)ccc2F)CC1. The number of benzene rings is 2. The second kappa shape index (κ2) is 24.8. The summed E-state index contributed by atoms with van der Waals surface area (Å²) >= 11 is 0. The fraction of sp³-hybridized carbons (Fsp3) is 0.535. The van der Waals surface area contributed by atoms with Crippen LogP contribution in [0.2, 0.25) is 0 Å². The van der Waals surface area contributed by atoms with Crippen LogP contribution in [0.5, 0.6) is 0 Å². The van der Waals surface area contributed by atoms with Gasteiger partial charge in [0, 0.05) is 71.0 Å². The lowest BCUT2D eigenvalue weighted by Crippen LogP contribution is -2.50. The summed E-state index contributed by atoms with van der Waals surface area (Å²) in [7, 11) is 1.62. The Labute approximate surface area is 349 Å². The van der Waals surface area contributed by atoms with Crippen molar-refractivity contribution < 1.29 is 47.3 Å². The van der Waals surface area contributed by atoms with Crippen LogP contribution in [0.4, 0.5) is 9.18 Å². The minimum absolute atomic E-state index is 0.0697. The molecule has 0 bridgehead atoms. The van der Waals surface area contributed by atoms with E-state index in [-0.39, 0.29) is 87.6 Å². The van der Waals surface area contributed by atoms with E-state index in [0.29, 0.717) is 80.9 Å². The van der Waals surface area contributed by atoms with Crippen LogP contribution in [0.25, 0.3) is 10.8 Å². The number of halogens is 1. The Kier molecular flexibility index (Phi) is 18.9. The quantitative estimate of drug-likeness (QED) is 0.105. The number of nitrogens with zero attached hydrogens (tertiary/aromatic N) is 3. The van der Waals surface area contributed by atoms with E-state index in [9.17, 15) is 28.4 Å². The lowest BCUT2D eigenvalue weighted by Gasteiger charge is -2.35. The van der Waals surface area contributed by atoms with Crippen molar-refractivity contribution in [3.63, 3.8) is 0 Å². The van der Waals surface area contributed by atoms with Crippen molar-refractivity contribution in [1.29, 1.82) is 0 Å². The van der Waals surface area contributed by atoms with Crippen LogP contribution in [0.15, 0.2) is 59.4 Å². The van der Waals surface area contributed by atoms with Gasteiger partial charge in [-0.15, -0.1) is 0 Å². The summed E-state index contributed by atoms with van der Waals surface area (Å²) in [5.74, 6) is -1.49. The van der Waals surface area contributed by atoms with E-state index in [0.717, 1.165) is 12.8 Å². The number of carbonyl (C=O) groups is 4. The first-order valence-electron chi connectivity index (χ1n) is 20.7. The summed E-state index contributed by atoms with van der Waals surface area (Å²) < 4.78 is 42.6. The summed E-state index contributed by atoms with van der Waals surface area (Å²) in [6, 6.07) is 11.4. The molecule has 1 saturated heterocycles. The zero-order valence-electron chi connectivity index (χ0n) is 34.3. The lowest BCUT2D eigenvalue weighted by molar-refractivity contribution is -0.132. The van der Waals surface area contributed by atoms with Crippen LogP contribution in [0, 0.1) is 5.82 Å². The fourth-order valence-electron chi connectivity index (χ4n) is 7.04. The smallest absolute Gasteiger partial charge is 0.407 e. The number of nitrogens with one attached hydrogen (secondary N) is 3. The molecule has 17 heteroatoms. The van der Waals surface area contributed by atoms with Crippen molar-refractivity contribution in [2.24, 2.45) is 0 Å². The van der Waals surface area contributed by atoms with Gasteiger partial charge >= 0.3 is 6.09 Å². The number of carbonyl (C=O) groups excluding carboxylic acids is 4. The van der Waals surface area contributed by atoms with Crippen LogP contribution in [0.1, 0.15) is 66.6 Å². The predicted molar refractivity (Wildman–Crippen MR) is 220 cm³/mol. The molecule has 1 aliphatic carbocycles. The summed E-state index contributed by atoms with van der Waals surface area (Å²) in [6.45, 7) is 4.15. The van der Waals surface area contributed by atoms with Gasteiger partial charge in [-0.1, -0.05) is 36.4 Å². The molecule has 2 heterocycles. The Bertz CT molecular complexity index is 1950. The molecule has 3 N–H and O–H groups in total. The third-order valence-electron chi connectivity index (χ3n) is 10.3. The van der Waals surface area contributed by atoms with Crippen molar-refractivity contribution in [1.82, 2.24) is 30.6 Å². The van der Waals surface area contributed by atoms with Gasteiger partial charge in [0.25, 0.3) is 11.5 Å². The minimum Gasteiger partial charge on any atom is -0.443 e. The number of methoxy groups -OCH3 is 1. The first-order chi connectivity index (χ1) is 29.2. The fourth-order valence-corrected chi connectivity index (χ4v) is 7.04. The first-order valence-corrected chi connectivity index (χ1v) is 20.7. The second-order valence-electron chi connectivity index (χ2n) is 14.5. The molecule has 0 radical (unpaired) electrons. The number of allylic oxidation sites excluding steroid dienone is 2. The Morgan fingerprint density at radius 2 is 1.48 bits per heavy atom. The average molecular weight is 837 g/mol. The molecule has 3 aromatic rings. The highest BCUT2D eigenvalue weighted by molar-refractivity contribution is 5.95. The summed E-state index contributed by atoms with van der Waals surface area (Å²) in [5, 5.41) is 13.3. The maximum absolute atomic E-state index is 14.9.